The zero-order valence-electron chi connectivity index (χ0n) is 9.26. The molecule has 0 amide bonds. The minimum absolute atomic E-state index is 0. The average molecular weight is 279 g/mol. The average Bonchev–Trinajstić information content (AvgIpc) is 2.31. The van der Waals surface area contributed by atoms with Crippen molar-refractivity contribution < 1.29 is 0 Å². The third kappa shape index (κ3) is 3.14. The fourth-order valence-electron chi connectivity index (χ4n) is 1.59. The lowest BCUT2D eigenvalue weighted by Crippen LogP contribution is -1.89. The van der Waals surface area contributed by atoms with E-state index in [9.17, 15) is 0 Å². The monoisotopic (exact) mass is 278 g/mol. The molecule has 0 atom stereocenters. The molecule has 0 aliphatic heterocycles. The first-order chi connectivity index (χ1) is 7.40. The van der Waals surface area contributed by atoms with Gasteiger partial charge in [-0.15, -0.1) is 17.0 Å². The largest absolute Gasteiger partial charge is 0.265 e. The number of pyridine rings is 2. The van der Waals surface area contributed by atoms with E-state index in [4.69, 9.17) is 0 Å². The number of aryl methyl sites for hydroxylation is 1. The van der Waals surface area contributed by atoms with Crippen LogP contribution in [0.25, 0.3) is 11.1 Å². The van der Waals surface area contributed by atoms with Crippen molar-refractivity contribution >= 4 is 17.0 Å². The molecule has 0 unspecified atom stereocenters. The molecule has 0 spiro atoms. The van der Waals surface area contributed by atoms with E-state index in [2.05, 4.69) is 23.0 Å². The third-order valence-corrected chi connectivity index (χ3v) is 2.34. The first-order valence-electron chi connectivity index (χ1n) is 5.25. The lowest BCUT2D eigenvalue weighted by molar-refractivity contribution is 0.883. The molecule has 2 nitrogen and oxygen atoms in total. The first-order valence-corrected chi connectivity index (χ1v) is 5.25. The standard InChI is InChI=1S/C13H14N2.BrH/c1-2-3-13-10-12(6-9-15-13)11-4-7-14-8-5-11;/h4-10H,2-3H2,1H3;1H. The van der Waals surface area contributed by atoms with Crippen LogP contribution in [0.2, 0.25) is 0 Å². The topological polar surface area (TPSA) is 25.8 Å². The summed E-state index contributed by atoms with van der Waals surface area (Å²) in [4.78, 5) is 8.35. The number of halogens is 1. The normalized spacial score (nSPS) is 9.56. The SMILES string of the molecule is Br.CCCc1cc(-c2ccncc2)ccn1. The Kier molecular flexibility index (Phi) is 5.12. The quantitative estimate of drug-likeness (QED) is 0.856. The van der Waals surface area contributed by atoms with E-state index < -0.39 is 0 Å². The summed E-state index contributed by atoms with van der Waals surface area (Å²) in [5.41, 5.74) is 3.58. The summed E-state index contributed by atoms with van der Waals surface area (Å²) in [7, 11) is 0. The van der Waals surface area contributed by atoms with Gasteiger partial charge in [-0.05, 0) is 41.8 Å². The van der Waals surface area contributed by atoms with Crippen LogP contribution in [-0.2, 0) is 6.42 Å². The van der Waals surface area contributed by atoms with E-state index in [0.29, 0.717) is 0 Å². The number of rotatable bonds is 3. The molecular weight excluding hydrogens is 264 g/mol. The van der Waals surface area contributed by atoms with Crippen LogP contribution >= 0.6 is 17.0 Å². The van der Waals surface area contributed by atoms with Crippen LogP contribution in [0, 0.1) is 0 Å². The van der Waals surface area contributed by atoms with Crippen LogP contribution in [0.5, 0.6) is 0 Å². The van der Waals surface area contributed by atoms with Crippen LogP contribution in [0.15, 0.2) is 42.9 Å². The van der Waals surface area contributed by atoms with Gasteiger partial charge in [0.1, 0.15) is 0 Å². The smallest absolute Gasteiger partial charge is 0.0409 e. The molecule has 2 aromatic heterocycles. The summed E-state index contributed by atoms with van der Waals surface area (Å²) < 4.78 is 0. The van der Waals surface area contributed by atoms with Crippen molar-refractivity contribution in [3.05, 3.63) is 48.5 Å². The third-order valence-electron chi connectivity index (χ3n) is 2.34. The van der Waals surface area contributed by atoms with Gasteiger partial charge in [0.2, 0.25) is 0 Å². The Morgan fingerprint density at radius 3 is 2.38 bits per heavy atom. The number of hydrogen-bond donors (Lipinski definition) is 0. The molecule has 16 heavy (non-hydrogen) atoms. The number of aromatic nitrogens is 2. The zero-order valence-corrected chi connectivity index (χ0v) is 11.0. The number of nitrogens with zero attached hydrogens (tertiary/aromatic N) is 2. The Morgan fingerprint density at radius 2 is 1.69 bits per heavy atom. The van der Waals surface area contributed by atoms with Crippen LogP contribution in [0.4, 0.5) is 0 Å². The highest BCUT2D eigenvalue weighted by atomic mass is 79.9. The summed E-state index contributed by atoms with van der Waals surface area (Å²) in [5.74, 6) is 0. The highest BCUT2D eigenvalue weighted by Crippen LogP contribution is 2.18. The maximum atomic E-state index is 4.34. The maximum absolute atomic E-state index is 4.34. The molecule has 0 aliphatic rings. The van der Waals surface area contributed by atoms with Crippen molar-refractivity contribution in [3.63, 3.8) is 0 Å². The Bertz CT molecular complexity index is 429. The summed E-state index contributed by atoms with van der Waals surface area (Å²) in [5, 5.41) is 0. The molecule has 2 aromatic rings. The van der Waals surface area contributed by atoms with E-state index in [1.807, 2.05) is 36.8 Å². The van der Waals surface area contributed by atoms with Crippen LogP contribution in [0.3, 0.4) is 0 Å². The Morgan fingerprint density at radius 1 is 1.00 bits per heavy atom. The summed E-state index contributed by atoms with van der Waals surface area (Å²) >= 11 is 0. The Hall–Kier alpha value is -1.22. The fourth-order valence-corrected chi connectivity index (χ4v) is 1.59. The molecular formula is C13H15BrN2. The van der Waals surface area contributed by atoms with Crippen molar-refractivity contribution in [1.29, 1.82) is 0 Å². The van der Waals surface area contributed by atoms with Gasteiger partial charge in [0.15, 0.2) is 0 Å². The second-order valence-electron chi connectivity index (χ2n) is 3.52. The fraction of sp³-hybridized carbons (Fsp3) is 0.231. The van der Waals surface area contributed by atoms with Gasteiger partial charge in [0.25, 0.3) is 0 Å². The van der Waals surface area contributed by atoms with Gasteiger partial charge in [-0.3, -0.25) is 9.97 Å². The summed E-state index contributed by atoms with van der Waals surface area (Å²) in [6, 6.07) is 8.23. The van der Waals surface area contributed by atoms with E-state index in [-0.39, 0.29) is 17.0 Å². The molecule has 0 bridgehead atoms. The first kappa shape index (κ1) is 12.8. The predicted octanol–water partition coefficient (Wildman–Crippen LogP) is 3.67. The van der Waals surface area contributed by atoms with E-state index >= 15 is 0 Å². The molecule has 0 saturated heterocycles. The van der Waals surface area contributed by atoms with Crippen LogP contribution < -0.4 is 0 Å². The highest BCUT2D eigenvalue weighted by Gasteiger charge is 1.98. The molecule has 2 heterocycles. The van der Waals surface area contributed by atoms with E-state index in [1.54, 1.807) is 0 Å². The van der Waals surface area contributed by atoms with Gasteiger partial charge >= 0.3 is 0 Å². The van der Waals surface area contributed by atoms with Crippen molar-refractivity contribution in [3.8, 4) is 11.1 Å². The molecule has 2 rings (SSSR count). The lowest BCUT2D eigenvalue weighted by Gasteiger charge is -2.03. The van der Waals surface area contributed by atoms with Crippen molar-refractivity contribution in [2.24, 2.45) is 0 Å². The predicted molar refractivity (Wildman–Crippen MR) is 71.8 cm³/mol. The summed E-state index contributed by atoms with van der Waals surface area (Å²) in [6.07, 6.45) is 7.68. The lowest BCUT2D eigenvalue weighted by atomic mass is 10.1. The van der Waals surface area contributed by atoms with Gasteiger partial charge < -0.3 is 0 Å². The molecule has 84 valence electrons. The second kappa shape index (κ2) is 6.38. The van der Waals surface area contributed by atoms with Gasteiger partial charge in [0.05, 0.1) is 0 Å². The van der Waals surface area contributed by atoms with Crippen LogP contribution in [0.1, 0.15) is 19.0 Å². The van der Waals surface area contributed by atoms with Crippen molar-refractivity contribution in [2.75, 3.05) is 0 Å². The minimum atomic E-state index is 0. The summed E-state index contributed by atoms with van der Waals surface area (Å²) in [6.45, 7) is 2.17. The van der Waals surface area contributed by atoms with Gasteiger partial charge in [-0.1, -0.05) is 13.3 Å². The zero-order chi connectivity index (χ0) is 10.5. The van der Waals surface area contributed by atoms with Gasteiger partial charge in [-0.25, -0.2) is 0 Å². The molecule has 0 aromatic carbocycles. The van der Waals surface area contributed by atoms with Crippen molar-refractivity contribution in [2.45, 2.75) is 19.8 Å². The molecule has 0 radical (unpaired) electrons. The molecule has 0 saturated carbocycles. The van der Waals surface area contributed by atoms with E-state index in [1.165, 1.54) is 11.1 Å². The maximum Gasteiger partial charge on any atom is 0.0409 e. The van der Waals surface area contributed by atoms with Gasteiger partial charge in [0, 0.05) is 24.3 Å². The molecule has 0 N–H and O–H groups in total. The Labute approximate surface area is 107 Å². The second-order valence-corrected chi connectivity index (χ2v) is 3.52. The molecule has 0 fully saturated rings. The highest BCUT2D eigenvalue weighted by molar-refractivity contribution is 8.93. The minimum Gasteiger partial charge on any atom is -0.265 e. The molecule has 0 aliphatic carbocycles. The van der Waals surface area contributed by atoms with Crippen molar-refractivity contribution in [1.82, 2.24) is 9.97 Å². The van der Waals surface area contributed by atoms with Gasteiger partial charge in [-0.2, -0.15) is 0 Å². The number of hydrogen-bond acceptors (Lipinski definition) is 2. The Balaban J connectivity index is 0.00000128. The molecule has 3 heteroatoms. The van der Waals surface area contributed by atoms with Crippen LogP contribution in [-0.4, -0.2) is 9.97 Å². The van der Waals surface area contributed by atoms with E-state index in [0.717, 1.165) is 18.5 Å².